The SMILES string of the molecule is CCOC(=O)C1=C(C)N(c2ccc(C)cc2)C(=O)C[C@@H]1C(=O)Nc1cccc(C)c1. The summed E-state index contributed by atoms with van der Waals surface area (Å²) in [6, 6.07) is 14.8. The molecule has 1 aliphatic heterocycles. The molecule has 0 fully saturated rings. The number of carbonyl (C=O) groups is 3. The van der Waals surface area contributed by atoms with E-state index in [1.165, 1.54) is 4.90 Å². The number of ether oxygens (including phenoxy) is 1. The van der Waals surface area contributed by atoms with Gasteiger partial charge in [-0.1, -0.05) is 29.8 Å². The Hall–Kier alpha value is -3.41. The van der Waals surface area contributed by atoms with Gasteiger partial charge in [0.05, 0.1) is 18.1 Å². The number of nitrogens with one attached hydrogen (secondary N) is 1. The Balaban J connectivity index is 2.00. The van der Waals surface area contributed by atoms with Gasteiger partial charge in [0, 0.05) is 23.5 Å². The van der Waals surface area contributed by atoms with Crippen LogP contribution in [0.1, 0.15) is 31.4 Å². The van der Waals surface area contributed by atoms with Crippen molar-refractivity contribution in [1.29, 1.82) is 0 Å². The van der Waals surface area contributed by atoms with Gasteiger partial charge in [-0.3, -0.25) is 14.5 Å². The lowest BCUT2D eigenvalue weighted by Crippen LogP contribution is -2.43. The van der Waals surface area contributed by atoms with Gasteiger partial charge >= 0.3 is 5.97 Å². The molecule has 6 nitrogen and oxygen atoms in total. The number of hydrogen-bond donors (Lipinski definition) is 1. The van der Waals surface area contributed by atoms with Gasteiger partial charge in [-0.05, 0) is 57.5 Å². The molecule has 0 saturated heterocycles. The number of amides is 2. The summed E-state index contributed by atoms with van der Waals surface area (Å²) < 4.78 is 5.23. The molecule has 2 aromatic rings. The molecular weight excluding hydrogens is 380 g/mol. The summed E-state index contributed by atoms with van der Waals surface area (Å²) in [7, 11) is 0. The lowest BCUT2D eigenvalue weighted by atomic mass is 9.88. The molecule has 0 aliphatic carbocycles. The highest BCUT2D eigenvalue weighted by Crippen LogP contribution is 2.34. The standard InChI is InChI=1S/C24H26N2O4/c1-5-30-24(29)22-17(4)26(19-11-9-15(2)10-12-19)21(27)14-20(22)23(28)25-18-8-6-7-16(3)13-18/h6-13,20H,5,14H2,1-4H3,(H,25,28)/t20-/m0/s1. The molecule has 1 heterocycles. The third-order valence-electron chi connectivity index (χ3n) is 5.09. The van der Waals surface area contributed by atoms with E-state index >= 15 is 0 Å². The first-order chi connectivity index (χ1) is 14.3. The molecular formula is C24H26N2O4. The van der Waals surface area contributed by atoms with Crippen molar-refractivity contribution < 1.29 is 19.1 Å². The van der Waals surface area contributed by atoms with E-state index in [1.54, 1.807) is 19.9 Å². The first kappa shape index (κ1) is 21.3. The number of carbonyl (C=O) groups excluding carboxylic acids is 3. The number of hydrogen-bond acceptors (Lipinski definition) is 4. The predicted octanol–water partition coefficient (Wildman–Crippen LogP) is 4.13. The van der Waals surface area contributed by atoms with Crippen LogP contribution in [-0.2, 0) is 19.1 Å². The van der Waals surface area contributed by atoms with Gasteiger partial charge in [-0.2, -0.15) is 0 Å². The van der Waals surface area contributed by atoms with E-state index in [-0.39, 0.29) is 24.5 Å². The fourth-order valence-electron chi connectivity index (χ4n) is 3.63. The molecule has 156 valence electrons. The number of allylic oxidation sites excluding steroid dienone is 1. The van der Waals surface area contributed by atoms with Crippen molar-refractivity contribution >= 4 is 29.2 Å². The highest BCUT2D eigenvalue weighted by atomic mass is 16.5. The Morgan fingerprint density at radius 2 is 1.77 bits per heavy atom. The zero-order chi connectivity index (χ0) is 21.8. The van der Waals surface area contributed by atoms with E-state index in [0.717, 1.165) is 11.1 Å². The van der Waals surface area contributed by atoms with Crippen LogP contribution in [0.4, 0.5) is 11.4 Å². The Kier molecular flexibility index (Phi) is 6.35. The Labute approximate surface area is 176 Å². The van der Waals surface area contributed by atoms with Crippen LogP contribution in [0, 0.1) is 19.8 Å². The van der Waals surface area contributed by atoms with Crippen LogP contribution in [0.2, 0.25) is 0 Å². The largest absolute Gasteiger partial charge is 0.463 e. The van der Waals surface area contributed by atoms with E-state index < -0.39 is 17.8 Å². The molecule has 2 aromatic carbocycles. The van der Waals surface area contributed by atoms with Crippen LogP contribution < -0.4 is 10.2 Å². The Morgan fingerprint density at radius 1 is 1.07 bits per heavy atom. The normalized spacial score (nSPS) is 16.5. The summed E-state index contributed by atoms with van der Waals surface area (Å²) in [5.74, 6) is -2.14. The van der Waals surface area contributed by atoms with Gasteiger partial charge in [0.1, 0.15) is 0 Å². The first-order valence-electron chi connectivity index (χ1n) is 9.96. The predicted molar refractivity (Wildman–Crippen MR) is 116 cm³/mol. The van der Waals surface area contributed by atoms with E-state index in [9.17, 15) is 14.4 Å². The van der Waals surface area contributed by atoms with Gasteiger partial charge < -0.3 is 10.1 Å². The molecule has 6 heteroatoms. The van der Waals surface area contributed by atoms with E-state index in [1.807, 2.05) is 56.3 Å². The smallest absolute Gasteiger partial charge is 0.336 e. The maximum Gasteiger partial charge on any atom is 0.336 e. The van der Waals surface area contributed by atoms with Crippen molar-refractivity contribution in [3.05, 3.63) is 70.9 Å². The molecule has 0 spiro atoms. The van der Waals surface area contributed by atoms with Gasteiger partial charge in [0.15, 0.2) is 0 Å². The van der Waals surface area contributed by atoms with Gasteiger partial charge in [-0.15, -0.1) is 0 Å². The summed E-state index contributed by atoms with van der Waals surface area (Å²) in [5, 5.41) is 2.83. The van der Waals surface area contributed by atoms with E-state index in [2.05, 4.69) is 5.32 Å². The lowest BCUT2D eigenvalue weighted by Gasteiger charge is -2.33. The zero-order valence-corrected chi connectivity index (χ0v) is 17.7. The first-order valence-corrected chi connectivity index (χ1v) is 9.96. The van der Waals surface area contributed by atoms with Crippen LogP contribution in [0.25, 0.3) is 0 Å². The second-order valence-electron chi connectivity index (χ2n) is 7.40. The summed E-state index contributed by atoms with van der Waals surface area (Å²) >= 11 is 0. The molecule has 1 N–H and O–H groups in total. The minimum Gasteiger partial charge on any atom is -0.463 e. The zero-order valence-electron chi connectivity index (χ0n) is 17.7. The second kappa shape index (κ2) is 8.95. The fourth-order valence-corrected chi connectivity index (χ4v) is 3.63. The maximum absolute atomic E-state index is 13.1. The Bertz CT molecular complexity index is 1010. The number of benzene rings is 2. The number of esters is 1. The number of nitrogens with zero attached hydrogens (tertiary/aromatic N) is 1. The number of rotatable bonds is 5. The summed E-state index contributed by atoms with van der Waals surface area (Å²) in [5.41, 5.74) is 3.96. The number of anilines is 2. The van der Waals surface area contributed by atoms with E-state index in [4.69, 9.17) is 4.74 Å². The molecule has 0 saturated carbocycles. The topological polar surface area (TPSA) is 75.7 Å². The highest BCUT2D eigenvalue weighted by molar-refractivity contribution is 6.10. The molecule has 1 atom stereocenters. The third kappa shape index (κ3) is 4.43. The average molecular weight is 406 g/mol. The quantitative estimate of drug-likeness (QED) is 0.758. The molecule has 3 rings (SSSR count). The van der Waals surface area contributed by atoms with Crippen molar-refractivity contribution in [1.82, 2.24) is 0 Å². The van der Waals surface area contributed by atoms with Crippen LogP contribution in [0.3, 0.4) is 0 Å². The average Bonchev–Trinajstić information content (AvgIpc) is 2.69. The minimum absolute atomic E-state index is 0.114. The second-order valence-corrected chi connectivity index (χ2v) is 7.40. The number of aryl methyl sites for hydroxylation is 2. The molecule has 0 aromatic heterocycles. The van der Waals surface area contributed by atoms with Gasteiger partial charge in [0.25, 0.3) is 0 Å². The Morgan fingerprint density at radius 3 is 2.40 bits per heavy atom. The highest BCUT2D eigenvalue weighted by Gasteiger charge is 2.40. The van der Waals surface area contributed by atoms with Crippen LogP contribution >= 0.6 is 0 Å². The fraction of sp³-hybridized carbons (Fsp3) is 0.292. The van der Waals surface area contributed by atoms with Crippen LogP contribution in [0.5, 0.6) is 0 Å². The summed E-state index contributed by atoms with van der Waals surface area (Å²) in [6.07, 6.45) is -0.114. The molecule has 30 heavy (non-hydrogen) atoms. The van der Waals surface area contributed by atoms with Crippen LogP contribution in [-0.4, -0.2) is 24.4 Å². The molecule has 0 bridgehead atoms. The lowest BCUT2D eigenvalue weighted by molar-refractivity contribution is -0.141. The third-order valence-corrected chi connectivity index (χ3v) is 5.09. The summed E-state index contributed by atoms with van der Waals surface area (Å²) in [4.78, 5) is 40.3. The molecule has 1 aliphatic rings. The molecule has 0 radical (unpaired) electrons. The van der Waals surface area contributed by atoms with Gasteiger partial charge in [0.2, 0.25) is 11.8 Å². The van der Waals surface area contributed by atoms with Crippen molar-refractivity contribution in [2.75, 3.05) is 16.8 Å². The monoisotopic (exact) mass is 406 g/mol. The van der Waals surface area contributed by atoms with Gasteiger partial charge in [-0.25, -0.2) is 4.79 Å². The summed E-state index contributed by atoms with van der Waals surface area (Å²) in [6.45, 7) is 7.45. The molecule has 2 amide bonds. The van der Waals surface area contributed by atoms with Crippen molar-refractivity contribution in [3.8, 4) is 0 Å². The molecule has 0 unspecified atom stereocenters. The maximum atomic E-state index is 13.1. The van der Waals surface area contributed by atoms with Crippen molar-refractivity contribution in [2.24, 2.45) is 5.92 Å². The van der Waals surface area contributed by atoms with Crippen molar-refractivity contribution in [2.45, 2.75) is 34.1 Å². The van der Waals surface area contributed by atoms with Crippen LogP contribution in [0.15, 0.2) is 59.8 Å². The minimum atomic E-state index is -0.918. The van der Waals surface area contributed by atoms with E-state index in [0.29, 0.717) is 17.1 Å². The van der Waals surface area contributed by atoms with Crippen molar-refractivity contribution in [3.63, 3.8) is 0 Å².